The van der Waals surface area contributed by atoms with Gasteiger partial charge in [0.05, 0.1) is 12.5 Å². The highest BCUT2D eigenvalue weighted by molar-refractivity contribution is 7.92. The number of nitrogens with zero attached hydrogens (tertiary/aromatic N) is 1. The van der Waals surface area contributed by atoms with Crippen LogP contribution < -0.4 is 10.0 Å². The summed E-state index contributed by atoms with van der Waals surface area (Å²) in [5, 5.41) is 3.25. The van der Waals surface area contributed by atoms with Crippen molar-refractivity contribution in [1.82, 2.24) is 15.3 Å². The zero-order chi connectivity index (χ0) is 13.7. The average molecular weight is 280 g/mol. The van der Waals surface area contributed by atoms with Crippen LogP contribution in [0.5, 0.6) is 0 Å². The second kappa shape index (κ2) is 5.85. The number of aromatic amines is 1. The third kappa shape index (κ3) is 3.55. The van der Waals surface area contributed by atoms with Gasteiger partial charge in [0.25, 0.3) is 10.0 Å². The molecule has 7 heteroatoms. The van der Waals surface area contributed by atoms with Crippen LogP contribution in [0, 0.1) is 0 Å². The van der Waals surface area contributed by atoms with Crippen molar-refractivity contribution >= 4 is 15.7 Å². The summed E-state index contributed by atoms with van der Waals surface area (Å²) >= 11 is 0. The van der Waals surface area contributed by atoms with E-state index in [0.29, 0.717) is 5.69 Å². The molecule has 102 valence electrons. The highest BCUT2D eigenvalue weighted by atomic mass is 32.2. The third-order valence-electron chi connectivity index (χ3n) is 2.55. The van der Waals surface area contributed by atoms with Crippen molar-refractivity contribution in [2.24, 2.45) is 0 Å². The van der Waals surface area contributed by atoms with Gasteiger partial charge in [-0.2, -0.15) is 8.42 Å². The van der Waals surface area contributed by atoms with Crippen LogP contribution in [-0.4, -0.2) is 24.9 Å². The number of sulfonamides is 1. The molecule has 0 fully saturated rings. The number of H-pyrrole nitrogens is 1. The van der Waals surface area contributed by atoms with Crippen LogP contribution in [0.3, 0.4) is 0 Å². The molecule has 6 nitrogen and oxygen atoms in total. The van der Waals surface area contributed by atoms with Gasteiger partial charge in [0.2, 0.25) is 0 Å². The normalized spacial score (nSPS) is 11.4. The van der Waals surface area contributed by atoms with Gasteiger partial charge in [-0.3, -0.25) is 4.72 Å². The monoisotopic (exact) mass is 280 g/mol. The van der Waals surface area contributed by atoms with E-state index in [1.54, 1.807) is 12.1 Å². The van der Waals surface area contributed by atoms with Gasteiger partial charge in [-0.25, -0.2) is 4.98 Å². The fourth-order valence-electron chi connectivity index (χ4n) is 1.56. The Morgan fingerprint density at radius 1 is 1.26 bits per heavy atom. The summed E-state index contributed by atoms with van der Waals surface area (Å²) < 4.78 is 26.3. The Kier molecular flexibility index (Phi) is 4.18. The Balaban J connectivity index is 2.07. The molecule has 0 aliphatic rings. The molecule has 0 amide bonds. The zero-order valence-electron chi connectivity index (χ0n) is 10.6. The second-order valence-electron chi connectivity index (χ2n) is 4.00. The molecule has 1 aromatic carbocycles. The van der Waals surface area contributed by atoms with Crippen LogP contribution >= 0.6 is 0 Å². The van der Waals surface area contributed by atoms with Gasteiger partial charge in [-0.1, -0.05) is 19.1 Å². The van der Waals surface area contributed by atoms with E-state index < -0.39 is 10.0 Å². The van der Waals surface area contributed by atoms with Gasteiger partial charge < -0.3 is 10.3 Å². The van der Waals surface area contributed by atoms with Crippen LogP contribution in [0.15, 0.2) is 41.8 Å². The van der Waals surface area contributed by atoms with Crippen LogP contribution in [-0.2, 0) is 16.6 Å². The van der Waals surface area contributed by atoms with E-state index in [2.05, 4.69) is 20.0 Å². The molecule has 0 unspecified atom stereocenters. The van der Waals surface area contributed by atoms with Gasteiger partial charge in [0.1, 0.15) is 0 Å². The van der Waals surface area contributed by atoms with Crippen molar-refractivity contribution in [2.45, 2.75) is 18.5 Å². The topological polar surface area (TPSA) is 86.9 Å². The van der Waals surface area contributed by atoms with E-state index in [1.165, 1.54) is 12.5 Å². The predicted octanol–water partition coefficient (Wildman–Crippen LogP) is 1.32. The first-order valence-corrected chi connectivity index (χ1v) is 7.41. The molecule has 0 saturated carbocycles. The molecule has 2 rings (SSSR count). The Morgan fingerprint density at radius 2 is 2.00 bits per heavy atom. The number of anilines is 1. The number of benzene rings is 1. The molecule has 2 aromatic rings. The summed E-state index contributed by atoms with van der Waals surface area (Å²) in [7, 11) is -3.58. The molecule has 0 aliphatic heterocycles. The molecular formula is C12H16N4O2S. The maximum Gasteiger partial charge on any atom is 0.278 e. The minimum atomic E-state index is -3.58. The van der Waals surface area contributed by atoms with Crippen molar-refractivity contribution in [1.29, 1.82) is 0 Å². The Labute approximate surface area is 112 Å². The number of hydrogen-bond donors (Lipinski definition) is 3. The molecule has 1 aromatic heterocycles. The first-order chi connectivity index (χ1) is 9.12. The SMILES string of the molecule is CCNCc1ccc(NS(=O)(=O)c2cnc[nH]2)cc1. The Bertz CT molecular complexity index is 606. The van der Waals surface area contributed by atoms with Crippen molar-refractivity contribution < 1.29 is 8.42 Å². The van der Waals surface area contributed by atoms with Crippen molar-refractivity contribution in [3.05, 3.63) is 42.4 Å². The lowest BCUT2D eigenvalue weighted by Gasteiger charge is -2.07. The number of rotatable bonds is 6. The Hall–Kier alpha value is -1.86. The van der Waals surface area contributed by atoms with Crippen LogP contribution in [0.25, 0.3) is 0 Å². The highest BCUT2D eigenvalue weighted by Crippen LogP contribution is 2.14. The molecule has 0 saturated heterocycles. The number of hydrogen-bond acceptors (Lipinski definition) is 4. The summed E-state index contributed by atoms with van der Waals surface area (Å²) in [5.41, 5.74) is 1.63. The van der Waals surface area contributed by atoms with Gasteiger partial charge in [0, 0.05) is 12.2 Å². The zero-order valence-corrected chi connectivity index (χ0v) is 11.4. The lowest BCUT2D eigenvalue weighted by molar-refractivity contribution is 0.598. The van der Waals surface area contributed by atoms with E-state index in [0.717, 1.165) is 18.7 Å². The molecule has 0 aliphatic carbocycles. The smallest absolute Gasteiger partial charge is 0.278 e. The van der Waals surface area contributed by atoms with Gasteiger partial charge >= 0.3 is 0 Å². The molecular weight excluding hydrogens is 264 g/mol. The molecule has 0 bridgehead atoms. The van der Waals surface area contributed by atoms with E-state index in [9.17, 15) is 8.42 Å². The quantitative estimate of drug-likeness (QED) is 0.745. The predicted molar refractivity (Wildman–Crippen MR) is 73.2 cm³/mol. The number of nitrogens with one attached hydrogen (secondary N) is 3. The molecule has 19 heavy (non-hydrogen) atoms. The largest absolute Gasteiger partial charge is 0.334 e. The standard InChI is InChI=1S/C12H16N4O2S/c1-2-13-7-10-3-5-11(6-4-10)16-19(17,18)12-8-14-9-15-12/h3-6,8-9,13,16H,2,7H2,1H3,(H,14,15). The number of imidazole rings is 1. The van der Waals surface area contributed by atoms with Crippen LogP contribution in [0.2, 0.25) is 0 Å². The maximum absolute atomic E-state index is 11.9. The lowest BCUT2D eigenvalue weighted by atomic mass is 10.2. The molecule has 1 heterocycles. The third-order valence-corrected chi connectivity index (χ3v) is 3.85. The molecule has 0 radical (unpaired) electrons. The van der Waals surface area contributed by atoms with E-state index in [1.807, 2.05) is 19.1 Å². The summed E-state index contributed by atoms with van der Waals surface area (Å²) in [6.07, 6.45) is 2.59. The van der Waals surface area contributed by atoms with E-state index >= 15 is 0 Å². The maximum atomic E-state index is 11.9. The van der Waals surface area contributed by atoms with E-state index in [-0.39, 0.29) is 5.03 Å². The van der Waals surface area contributed by atoms with Gasteiger partial charge in [-0.05, 0) is 24.2 Å². The minimum absolute atomic E-state index is 0.0456. The lowest BCUT2D eigenvalue weighted by Crippen LogP contribution is -2.14. The summed E-state index contributed by atoms with van der Waals surface area (Å²) in [6, 6.07) is 7.24. The number of aromatic nitrogens is 2. The molecule has 0 spiro atoms. The van der Waals surface area contributed by atoms with Gasteiger partial charge in [0.15, 0.2) is 5.03 Å². The average Bonchev–Trinajstić information content (AvgIpc) is 2.92. The summed E-state index contributed by atoms with van der Waals surface area (Å²) in [6.45, 7) is 3.70. The first-order valence-electron chi connectivity index (χ1n) is 5.92. The fraction of sp³-hybridized carbons (Fsp3) is 0.250. The summed E-state index contributed by atoms with van der Waals surface area (Å²) in [5.74, 6) is 0. The van der Waals surface area contributed by atoms with Crippen molar-refractivity contribution in [3.8, 4) is 0 Å². The first kappa shape index (κ1) is 13.6. The van der Waals surface area contributed by atoms with Crippen LogP contribution in [0.4, 0.5) is 5.69 Å². The summed E-state index contributed by atoms with van der Waals surface area (Å²) in [4.78, 5) is 6.26. The van der Waals surface area contributed by atoms with Crippen molar-refractivity contribution in [2.75, 3.05) is 11.3 Å². The van der Waals surface area contributed by atoms with E-state index in [4.69, 9.17) is 0 Å². The second-order valence-corrected chi connectivity index (χ2v) is 5.65. The Morgan fingerprint density at radius 3 is 2.58 bits per heavy atom. The van der Waals surface area contributed by atoms with Crippen molar-refractivity contribution in [3.63, 3.8) is 0 Å². The molecule has 3 N–H and O–H groups in total. The van der Waals surface area contributed by atoms with Crippen LogP contribution in [0.1, 0.15) is 12.5 Å². The highest BCUT2D eigenvalue weighted by Gasteiger charge is 2.15. The minimum Gasteiger partial charge on any atom is -0.334 e. The van der Waals surface area contributed by atoms with Gasteiger partial charge in [-0.15, -0.1) is 0 Å². The fourth-order valence-corrected chi connectivity index (χ4v) is 2.52. The molecule has 0 atom stereocenters.